The van der Waals surface area contributed by atoms with Crippen LogP contribution in [-0.4, -0.2) is 55.3 Å². The van der Waals surface area contributed by atoms with Crippen molar-refractivity contribution in [3.05, 3.63) is 61.2 Å². The molecule has 0 aliphatic carbocycles. The highest BCUT2D eigenvalue weighted by Gasteiger charge is 2.31. The summed E-state index contributed by atoms with van der Waals surface area (Å²) < 4.78 is 11.2. The zero-order valence-electron chi connectivity index (χ0n) is 20.9. The number of methoxy groups -OCH3 is 1. The van der Waals surface area contributed by atoms with Crippen LogP contribution in [0.3, 0.4) is 0 Å². The number of rotatable bonds is 18. The van der Waals surface area contributed by atoms with Crippen LogP contribution < -0.4 is 10.6 Å². The molecular weight excluding hydrogens is 448 g/mol. The summed E-state index contributed by atoms with van der Waals surface area (Å²) in [5.74, 6) is -1.76. The van der Waals surface area contributed by atoms with Gasteiger partial charge in [-0.3, -0.25) is 14.4 Å². The Morgan fingerprint density at radius 1 is 1.09 bits per heavy atom. The van der Waals surface area contributed by atoms with E-state index in [-0.39, 0.29) is 50.3 Å². The Hall–Kier alpha value is -2.97. The van der Waals surface area contributed by atoms with Gasteiger partial charge in [0.1, 0.15) is 6.10 Å². The van der Waals surface area contributed by atoms with Gasteiger partial charge in [0.05, 0.1) is 25.2 Å². The number of hydrogen-bond acceptors (Lipinski definition) is 6. The first kappa shape index (κ1) is 30.1. The van der Waals surface area contributed by atoms with Gasteiger partial charge >= 0.3 is 5.97 Å². The topological polar surface area (TPSA) is 114 Å². The second-order valence-corrected chi connectivity index (χ2v) is 8.50. The lowest BCUT2D eigenvalue weighted by Gasteiger charge is -2.29. The number of carbonyl (C=O) groups excluding carboxylic acids is 3. The highest BCUT2D eigenvalue weighted by molar-refractivity contribution is 5.86. The maximum atomic E-state index is 13.2. The molecule has 1 aromatic carbocycles. The molecule has 0 aromatic heterocycles. The number of aliphatic hydroxyl groups is 1. The molecule has 0 spiro atoms. The van der Waals surface area contributed by atoms with Crippen molar-refractivity contribution in [1.29, 1.82) is 0 Å². The molecular formula is C27H40N2O6. The molecule has 0 saturated carbocycles. The molecule has 0 unspecified atom stereocenters. The third kappa shape index (κ3) is 11.8. The summed E-state index contributed by atoms with van der Waals surface area (Å²) in [5.41, 5.74) is 0.726. The molecule has 3 N–H and O–H groups in total. The number of aliphatic hydroxyl groups excluding tert-OH is 1. The van der Waals surface area contributed by atoms with Crippen LogP contribution in [0.5, 0.6) is 0 Å². The van der Waals surface area contributed by atoms with Gasteiger partial charge in [0, 0.05) is 26.0 Å². The predicted molar refractivity (Wildman–Crippen MR) is 135 cm³/mol. The van der Waals surface area contributed by atoms with Gasteiger partial charge in [-0.25, -0.2) is 0 Å². The molecule has 0 fully saturated rings. The minimum atomic E-state index is -0.764. The summed E-state index contributed by atoms with van der Waals surface area (Å²) in [7, 11) is 1.50. The average Bonchev–Trinajstić information content (AvgIpc) is 2.85. The van der Waals surface area contributed by atoms with Gasteiger partial charge < -0.3 is 25.2 Å². The SMILES string of the molecule is C=CCCCCC(=O)O[C@@H](c1ccccc1)[C@H](COC)NC(=O)[C@@H](CC=C)CC(=O)N[C@H](C)CO. The van der Waals surface area contributed by atoms with Gasteiger partial charge in [-0.1, -0.05) is 42.5 Å². The highest BCUT2D eigenvalue weighted by atomic mass is 16.5. The van der Waals surface area contributed by atoms with E-state index in [4.69, 9.17) is 14.6 Å². The molecule has 1 rings (SSSR count). The number of allylic oxidation sites excluding steroid dienone is 2. The smallest absolute Gasteiger partial charge is 0.306 e. The van der Waals surface area contributed by atoms with E-state index < -0.39 is 24.1 Å². The molecule has 1 aromatic rings. The first-order valence-corrected chi connectivity index (χ1v) is 12.0. The van der Waals surface area contributed by atoms with E-state index in [1.807, 2.05) is 36.4 Å². The zero-order chi connectivity index (χ0) is 26.1. The summed E-state index contributed by atoms with van der Waals surface area (Å²) in [4.78, 5) is 38.1. The largest absolute Gasteiger partial charge is 0.455 e. The van der Waals surface area contributed by atoms with Crippen LogP contribution in [0.2, 0.25) is 0 Å². The first-order valence-electron chi connectivity index (χ1n) is 12.0. The van der Waals surface area contributed by atoms with Gasteiger partial charge in [0.25, 0.3) is 0 Å². The van der Waals surface area contributed by atoms with Crippen molar-refractivity contribution in [3.8, 4) is 0 Å². The molecule has 0 bridgehead atoms. The van der Waals surface area contributed by atoms with Crippen molar-refractivity contribution in [2.24, 2.45) is 5.92 Å². The van der Waals surface area contributed by atoms with Crippen LogP contribution in [0.25, 0.3) is 0 Å². The van der Waals surface area contributed by atoms with Gasteiger partial charge in [-0.2, -0.15) is 0 Å². The minimum absolute atomic E-state index is 0.0685. The van der Waals surface area contributed by atoms with Gasteiger partial charge in [-0.05, 0) is 38.2 Å². The quantitative estimate of drug-likeness (QED) is 0.166. The molecule has 0 saturated heterocycles. The van der Waals surface area contributed by atoms with Crippen LogP contribution in [-0.2, 0) is 23.9 Å². The third-order valence-electron chi connectivity index (χ3n) is 5.40. The second-order valence-electron chi connectivity index (χ2n) is 8.50. The molecule has 35 heavy (non-hydrogen) atoms. The predicted octanol–water partition coefficient (Wildman–Crippen LogP) is 3.23. The molecule has 0 aliphatic rings. The monoisotopic (exact) mass is 488 g/mol. The van der Waals surface area contributed by atoms with E-state index in [1.54, 1.807) is 13.0 Å². The maximum Gasteiger partial charge on any atom is 0.306 e. The van der Waals surface area contributed by atoms with E-state index in [2.05, 4.69) is 23.8 Å². The molecule has 8 heteroatoms. The van der Waals surface area contributed by atoms with Crippen molar-refractivity contribution in [3.63, 3.8) is 0 Å². The molecule has 2 amide bonds. The van der Waals surface area contributed by atoms with Crippen molar-refractivity contribution in [2.75, 3.05) is 20.3 Å². The number of carbonyl (C=O) groups is 3. The Morgan fingerprint density at radius 2 is 1.80 bits per heavy atom. The normalized spacial score (nSPS) is 14.1. The standard InChI is InChI=1S/C27H40N2O6/c1-5-7-8-12-16-25(32)35-26(21-14-10-9-11-15-21)23(19-34-4)29-27(33)22(13-6-2)17-24(31)28-20(3)18-30/h5-6,9-11,14-15,20,22-23,26,30H,1-2,7-8,12-13,16-19H2,3-4H3,(H,28,31)(H,29,33)/t20-,22+,23+,26+/m1/s1. The Balaban J connectivity index is 3.02. The number of hydrogen-bond donors (Lipinski definition) is 3. The van der Waals surface area contributed by atoms with Gasteiger partial charge in [0.15, 0.2) is 0 Å². The maximum absolute atomic E-state index is 13.2. The van der Waals surface area contributed by atoms with Crippen molar-refractivity contribution < 1.29 is 29.0 Å². The number of esters is 1. The Labute approximate surface area is 208 Å². The van der Waals surface area contributed by atoms with Crippen molar-refractivity contribution in [1.82, 2.24) is 10.6 Å². The van der Waals surface area contributed by atoms with Gasteiger partial charge in [-0.15, -0.1) is 13.2 Å². The number of nitrogens with one attached hydrogen (secondary N) is 2. The van der Waals surface area contributed by atoms with E-state index in [0.29, 0.717) is 6.42 Å². The van der Waals surface area contributed by atoms with Crippen molar-refractivity contribution >= 4 is 17.8 Å². The fourth-order valence-corrected chi connectivity index (χ4v) is 3.56. The minimum Gasteiger partial charge on any atom is -0.455 e. The number of unbranched alkanes of at least 4 members (excludes halogenated alkanes) is 2. The summed E-state index contributed by atoms with van der Waals surface area (Å²) in [6.45, 7) is 8.96. The lowest BCUT2D eigenvalue weighted by molar-refractivity contribution is -0.153. The molecule has 0 aliphatic heterocycles. The summed E-state index contributed by atoms with van der Waals surface area (Å²) >= 11 is 0. The zero-order valence-corrected chi connectivity index (χ0v) is 20.9. The van der Waals surface area contributed by atoms with Crippen LogP contribution >= 0.6 is 0 Å². The summed E-state index contributed by atoms with van der Waals surface area (Å²) in [6, 6.07) is 8.10. The molecule has 0 radical (unpaired) electrons. The average molecular weight is 489 g/mol. The molecule has 194 valence electrons. The van der Waals surface area contributed by atoms with E-state index in [9.17, 15) is 14.4 Å². The van der Waals surface area contributed by atoms with Gasteiger partial charge in [0.2, 0.25) is 11.8 Å². The van der Waals surface area contributed by atoms with E-state index in [0.717, 1.165) is 18.4 Å². The molecule has 4 atom stereocenters. The fraction of sp³-hybridized carbons (Fsp3) is 0.519. The summed E-state index contributed by atoms with van der Waals surface area (Å²) in [5, 5.41) is 14.7. The Morgan fingerprint density at radius 3 is 2.40 bits per heavy atom. The second kappa shape index (κ2) is 17.5. The van der Waals surface area contributed by atoms with E-state index in [1.165, 1.54) is 7.11 Å². The van der Waals surface area contributed by atoms with Crippen LogP contribution in [0, 0.1) is 5.92 Å². The number of amides is 2. The van der Waals surface area contributed by atoms with E-state index >= 15 is 0 Å². The number of ether oxygens (including phenoxy) is 2. The van der Waals surface area contributed by atoms with Crippen molar-refractivity contribution in [2.45, 2.75) is 63.6 Å². The lowest BCUT2D eigenvalue weighted by Crippen LogP contribution is -2.47. The summed E-state index contributed by atoms with van der Waals surface area (Å²) in [6.07, 6.45) is 5.44. The first-order chi connectivity index (χ1) is 16.9. The van der Waals surface area contributed by atoms with Crippen LogP contribution in [0.4, 0.5) is 0 Å². The third-order valence-corrected chi connectivity index (χ3v) is 5.40. The lowest BCUT2D eigenvalue weighted by atomic mass is 9.97. The Bertz CT molecular complexity index is 798. The van der Waals surface area contributed by atoms with Crippen LogP contribution in [0.1, 0.15) is 57.1 Å². The fourth-order valence-electron chi connectivity index (χ4n) is 3.56. The molecule has 8 nitrogen and oxygen atoms in total. The van der Waals surface area contributed by atoms with Crippen LogP contribution in [0.15, 0.2) is 55.6 Å². The number of benzene rings is 1. The highest BCUT2D eigenvalue weighted by Crippen LogP contribution is 2.24. The Kier molecular flexibility index (Phi) is 15.0. The molecule has 0 heterocycles.